The van der Waals surface area contributed by atoms with Gasteiger partial charge >= 0.3 is 5.97 Å². The summed E-state index contributed by atoms with van der Waals surface area (Å²) in [5.41, 5.74) is -1.81. The summed E-state index contributed by atoms with van der Waals surface area (Å²) in [4.78, 5) is 21.5. The Morgan fingerprint density at radius 2 is 2.20 bits per heavy atom. The maximum Gasteiger partial charge on any atom is 0.329 e. The molecule has 20 heavy (non-hydrogen) atoms. The lowest BCUT2D eigenvalue weighted by molar-refractivity contribution is -0.384. The number of nitrogens with one attached hydrogen (secondary N) is 1. The maximum atomic E-state index is 13.5. The van der Waals surface area contributed by atoms with Gasteiger partial charge in [0.25, 0.3) is 5.69 Å². The first kappa shape index (κ1) is 14.0. The van der Waals surface area contributed by atoms with E-state index in [1.165, 1.54) is 7.11 Å². The summed E-state index contributed by atoms with van der Waals surface area (Å²) in [7, 11) is 1.23. The molecule has 2 rings (SSSR count). The van der Waals surface area contributed by atoms with Crippen LogP contribution in [0.3, 0.4) is 0 Å². The van der Waals surface area contributed by atoms with Crippen molar-refractivity contribution in [3.05, 3.63) is 28.1 Å². The van der Waals surface area contributed by atoms with Gasteiger partial charge in [-0.05, 0) is 19.3 Å². The number of carbonyl (C=O) groups is 1. The van der Waals surface area contributed by atoms with Crippen molar-refractivity contribution in [1.82, 2.24) is 0 Å². The highest BCUT2D eigenvalue weighted by atomic mass is 19.1. The molecule has 7 nitrogen and oxygen atoms in total. The molecule has 0 amide bonds. The van der Waals surface area contributed by atoms with Crippen LogP contribution in [0.2, 0.25) is 0 Å². The second kappa shape index (κ2) is 4.95. The fourth-order valence-electron chi connectivity index (χ4n) is 2.13. The van der Waals surface area contributed by atoms with Gasteiger partial charge in [0, 0.05) is 6.07 Å². The molecule has 1 fully saturated rings. The number of benzene rings is 1. The smallest absolute Gasteiger partial charge is 0.329 e. The van der Waals surface area contributed by atoms with Crippen molar-refractivity contribution < 1.29 is 24.0 Å². The van der Waals surface area contributed by atoms with Gasteiger partial charge in [-0.25, -0.2) is 9.18 Å². The van der Waals surface area contributed by atoms with E-state index in [1.807, 2.05) is 0 Å². The molecule has 0 aliphatic heterocycles. The molecule has 0 unspecified atom stereocenters. The van der Waals surface area contributed by atoms with Crippen LogP contribution in [0.5, 0.6) is 5.75 Å². The highest BCUT2D eigenvalue weighted by Crippen LogP contribution is 2.40. The largest absolute Gasteiger partial charge is 0.494 e. The number of carboxylic acids is 1. The second-order valence-corrected chi connectivity index (χ2v) is 4.63. The quantitative estimate of drug-likeness (QED) is 0.634. The predicted molar refractivity (Wildman–Crippen MR) is 67.4 cm³/mol. The Morgan fingerprint density at radius 3 is 2.60 bits per heavy atom. The summed E-state index contributed by atoms with van der Waals surface area (Å²) in [6.45, 7) is 0. The van der Waals surface area contributed by atoms with E-state index >= 15 is 0 Å². The van der Waals surface area contributed by atoms with E-state index < -0.39 is 27.9 Å². The highest BCUT2D eigenvalue weighted by Gasteiger charge is 2.45. The molecular formula is C12H13FN2O5. The Balaban J connectivity index is 2.44. The van der Waals surface area contributed by atoms with E-state index in [2.05, 4.69) is 5.32 Å². The van der Waals surface area contributed by atoms with Crippen LogP contribution in [0.1, 0.15) is 19.3 Å². The Kier molecular flexibility index (Phi) is 3.47. The zero-order valence-corrected chi connectivity index (χ0v) is 10.7. The Bertz CT molecular complexity index is 571. The molecule has 108 valence electrons. The molecule has 0 saturated heterocycles. The van der Waals surface area contributed by atoms with Gasteiger partial charge in [0.05, 0.1) is 18.1 Å². The van der Waals surface area contributed by atoms with Gasteiger partial charge in [0.1, 0.15) is 11.2 Å². The van der Waals surface area contributed by atoms with Crippen LogP contribution >= 0.6 is 0 Å². The number of nitro benzene ring substituents is 1. The summed E-state index contributed by atoms with van der Waals surface area (Å²) in [5.74, 6) is -2.14. The number of aliphatic carboxylic acids is 1. The minimum absolute atomic E-state index is 0.0599. The third kappa shape index (κ3) is 2.24. The first-order chi connectivity index (χ1) is 9.39. The number of nitro groups is 1. The van der Waals surface area contributed by atoms with Crippen molar-refractivity contribution >= 4 is 17.3 Å². The SMILES string of the molecule is COc1cc(NC2(C(=O)O)CCC2)c([N+](=O)[O-])cc1F. The predicted octanol–water partition coefficient (Wildman–Crippen LogP) is 2.16. The van der Waals surface area contributed by atoms with Crippen LogP contribution in [-0.2, 0) is 4.79 Å². The summed E-state index contributed by atoms with van der Waals surface area (Å²) in [6, 6.07) is 1.83. The molecule has 2 N–H and O–H groups in total. The molecule has 0 heterocycles. The van der Waals surface area contributed by atoms with E-state index in [0.717, 1.165) is 12.1 Å². The minimum Gasteiger partial charge on any atom is -0.494 e. The summed E-state index contributed by atoms with van der Waals surface area (Å²) in [6.07, 6.45) is 1.43. The van der Waals surface area contributed by atoms with Crippen LogP contribution < -0.4 is 10.1 Å². The van der Waals surface area contributed by atoms with E-state index in [-0.39, 0.29) is 11.4 Å². The van der Waals surface area contributed by atoms with Crippen LogP contribution in [-0.4, -0.2) is 28.6 Å². The van der Waals surface area contributed by atoms with Crippen molar-refractivity contribution in [2.24, 2.45) is 0 Å². The average molecular weight is 284 g/mol. The number of methoxy groups -OCH3 is 1. The fourth-order valence-corrected chi connectivity index (χ4v) is 2.13. The molecule has 0 atom stereocenters. The molecule has 1 aromatic rings. The van der Waals surface area contributed by atoms with Crippen LogP contribution in [0.25, 0.3) is 0 Å². The van der Waals surface area contributed by atoms with E-state index in [4.69, 9.17) is 4.74 Å². The monoisotopic (exact) mass is 284 g/mol. The fraction of sp³-hybridized carbons (Fsp3) is 0.417. The number of ether oxygens (including phenoxy) is 1. The minimum atomic E-state index is -1.23. The lowest BCUT2D eigenvalue weighted by Crippen LogP contribution is -2.52. The Morgan fingerprint density at radius 1 is 1.55 bits per heavy atom. The molecule has 1 aliphatic carbocycles. The zero-order valence-electron chi connectivity index (χ0n) is 10.7. The number of halogens is 1. The van der Waals surface area contributed by atoms with Crippen LogP contribution in [0.4, 0.5) is 15.8 Å². The molecule has 1 saturated carbocycles. The average Bonchev–Trinajstić information content (AvgIpc) is 2.34. The molecule has 0 bridgehead atoms. The van der Waals surface area contributed by atoms with E-state index in [1.54, 1.807) is 0 Å². The van der Waals surface area contributed by atoms with Crippen molar-refractivity contribution in [2.45, 2.75) is 24.8 Å². The Labute approximate surface area is 113 Å². The molecular weight excluding hydrogens is 271 g/mol. The van der Waals surface area contributed by atoms with E-state index in [0.29, 0.717) is 19.3 Å². The number of hydrogen-bond donors (Lipinski definition) is 2. The number of rotatable bonds is 5. The van der Waals surface area contributed by atoms with Gasteiger partial charge in [0.2, 0.25) is 0 Å². The number of hydrogen-bond acceptors (Lipinski definition) is 5. The normalized spacial score (nSPS) is 16.1. The topological polar surface area (TPSA) is 102 Å². The highest BCUT2D eigenvalue weighted by molar-refractivity contribution is 5.85. The van der Waals surface area contributed by atoms with Crippen LogP contribution in [0.15, 0.2) is 12.1 Å². The lowest BCUT2D eigenvalue weighted by Gasteiger charge is -2.38. The standard InChI is InChI=1S/C12H13FN2O5/c1-20-10-6-8(9(15(18)19)5-7(10)13)14-12(11(16)17)3-2-4-12/h5-6,14H,2-4H2,1H3,(H,16,17). The summed E-state index contributed by atoms with van der Waals surface area (Å²) >= 11 is 0. The van der Waals surface area contributed by atoms with Crippen molar-refractivity contribution in [3.8, 4) is 5.75 Å². The van der Waals surface area contributed by atoms with Gasteiger partial charge in [-0.15, -0.1) is 0 Å². The van der Waals surface area contributed by atoms with Crippen molar-refractivity contribution in [2.75, 3.05) is 12.4 Å². The van der Waals surface area contributed by atoms with Gasteiger partial charge in [-0.1, -0.05) is 0 Å². The maximum absolute atomic E-state index is 13.5. The second-order valence-electron chi connectivity index (χ2n) is 4.63. The molecule has 0 aromatic heterocycles. The molecule has 0 spiro atoms. The number of nitrogens with zero attached hydrogens (tertiary/aromatic N) is 1. The van der Waals surface area contributed by atoms with Gasteiger partial charge in [-0.2, -0.15) is 0 Å². The number of carboxylic acid groups (broad SMARTS) is 1. The lowest BCUT2D eigenvalue weighted by atomic mass is 9.76. The van der Waals surface area contributed by atoms with Crippen molar-refractivity contribution in [1.29, 1.82) is 0 Å². The van der Waals surface area contributed by atoms with Gasteiger partial charge in [0.15, 0.2) is 11.6 Å². The Hall–Kier alpha value is -2.38. The summed E-state index contributed by atoms with van der Waals surface area (Å²) in [5, 5.41) is 22.8. The van der Waals surface area contributed by atoms with E-state index in [9.17, 15) is 24.4 Å². The molecule has 8 heteroatoms. The molecule has 1 aliphatic rings. The molecule has 0 radical (unpaired) electrons. The van der Waals surface area contributed by atoms with Gasteiger partial charge in [-0.3, -0.25) is 10.1 Å². The van der Waals surface area contributed by atoms with Crippen molar-refractivity contribution in [3.63, 3.8) is 0 Å². The summed E-state index contributed by atoms with van der Waals surface area (Å²) < 4.78 is 18.3. The first-order valence-corrected chi connectivity index (χ1v) is 5.93. The zero-order chi connectivity index (χ0) is 14.9. The van der Waals surface area contributed by atoms with Crippen LogP contribution in [0, 0.1) is 15.9 Å². The van der Waals surface area contributed by atoms with Gasteiger partial charge < -0.3 is 15.2 Å². The third-order valence-electron chi connectivity index (χ3n) is 3.46. The third-order valence-corrected chi connectivity index (χ3v) is 3.46. The first-order valence-electron chi connectivity index (χ1n) is 5.93. The molecule has 1 aromatic carbocycles. The number of anilines is 1.